The van der Waals surface area contributed by atoms with Crippen molar-refractivity contribution in [3.05, 3.63) is 82.5 Å². The van der Waals surface area contributed by atoms with Crippen LogP contribution in [0.4, 0.5) is 0 Å². The van der Waals surface area contributed by atoms with E-state index in [4.69, 9.17) is 4.52 Å². The fraction of sp³-hybridized carbons (Fsp3) is 0.174. The van der Waals surface area contributed by atoms with Gasteiger partial charge >= 0.3 is 0 Å². The molecule has 0 unspecified atom stereocenters. The van der Waals surface area contributed by atoms with Gasteiger partial charge in [-0.3, -0.25) is 14.4 Å². The van der Waals surface area contributed by atoms with Gasteiger partial charge in [-0.1, -0.05) is 47.6 Å². The fourth-order valence-corrected chi connectivity index (χ4v) is 3.25. The third-order valence-corrected chi connectivity index (χ3v) is 4.94. The molecule has 0 aliphatic rings. The molecule has 0 spiro atoms. The second-order valence-corrected chi connectivity index (χ2v) is 7.06. The molecule has 2 amide bonds. The first kappa shape index (κ1) is 21.0. The number of nitrogens with one attached hydrogen (secondary N) is 2. The van der Waals surface area contributed by atoms with E-state index in [1.807, 2.05) is 37.3 Å². The third kappa shape index (κ3) is 4.56. The average molecular weight is 431 g/mol. The molecule has 2 aromatic heterocycles. The molecule has 4 rings (SSSR count). The minimum atomic E-state index is -0.516. The van der Waals surface area contributed by atoms with Crippen molar-refractivity contribution in [2.45, 2.75) is 13.5 Å². The number of hydrogen-bond acceptors (Lipinski definition) is 6. The number of carbonyl (C=O) groups is 2. The summed E-state index contributed by atoms with van der Waals surface area (Å²) in [6, 6.07) is 17.8. The highest BCUT2D eigenvalue weighted by Gasteiger charge is 2.18. The molecule has 0 bridgehead atoms. The van der Waals surface area contributed by atoms with Gasteiger partial charge in [-0.15, -0.1) is 0 Å². The highest BCUT2D eigenvalue weighted by atomic mass is 16.5. The molecule has 0 aliphatic heterocycles. The van der Waals surface area contributed by atoms with E-state index < -0.39 is 5.91 Å². The summed E-state index contributed by atoms with van der Waals surface area (Å²) in [7, 11) is 0. The lowest BCUT2D eigenvalue weighted by Crippen LogP contribution is -2.40. The number of likely N-dealkylation sites (N-methyl/N-ethyl adjacent to an activating group) is 1. The van der Waals surface area contributed by atoms with Crippen LogP contribution >= 0.6 is 0 Å². The van der Waals surface area contributed by atoms with E-state index in [0.717, 1.165) is 5.56 Å². The van der Waals surface area contributed by atoms with Crippen molar-refractivity contribution in [1.29, 1.82) is 0 Å². The molecule has 4 aromatic rings. The Labute approximate surface area is 183 Å². The Hall–Kier alpha value is -4.27. The van der Waals surface area contributed by atoms with E-state index in [1.54, 1.807) is 24.3 Å². The van der Waals surface area contributed by atoms with E-state index in [1.165, 1.54) is 11.0 Å². The summed E-state index contributed by atoms with van der Waals surface area (Å²) in [6.07, 6.45) is 0. The number of benzene rings is 2. The Morgan fingerprint density at radius 1 is 1.09 bits per heavy atom. The minimum absolute atomic E-state index is 0.0835. The highest BCUT2D eigenvalue weighted by Crippen LogP contribution is 2.19. The lowest BCUT2D eigenvalue weighted by atomic mass is 10.1. The van der Waals surface area contributed by atoms with Crippen LogP contribution in [0.5, 0.6) is 0 Å². The summed E-state index contributed by atoms with van der Waals surface area (Å²) in [5.41, 5.74) is 1.18. The van der Waals surface area contributed by atoms with Crippen LogP contribution < -0.4 is 10.9 Å². The van der Waals surface area contributed by atoms with Crippen LogP contribution in [0.2, 0.25) is 0 Å². The molecule has 2 aromatic carbocycles. The maximum absolute atomic E-state index is 12.6. The van der Waals surface area contributed by atoms with Crippen molar-refractivity contribution in [3.63, 3.8) is 0 Å². The number of aromatic amines is 1. The van der Waals surface area contributed by atoms with Gasteiger partial charge in [0.05, 0.1) is 24.0 Å². The van der Waals surface area contributed by atoms with Crippen molar-refractivity contribution in [3.8, 4) is 11.3 Å². The average Bonchev–Trinajstić information content (AvgIpc) is 3.32. The number of para-hydroxylation sites is 1. The summed E-state index contributed by atoms with van der Waals surface area (Å²) < 4.78 is 5.22. The lowest BCUT2D eigenvalue weighted by molar-refractivity contribution is -0.130. The van der Waals surface area contributed by atoms with Crippen LogP contribution in [-0.2, 0) is 11.3 Å². The van der Waals surface area contributed by atoms with Crippen LogP contribution in [0.25, 0.3) is 22.2 Å². The molecule has 0 saturated heterocycles. The summed E-state index contributed by atoms with van der Waals surface area (Å²) in [5, 5.41) is 6.83. The van der Waals surface area contributed by atoms with Crippen molar-refractivity contribution < 1.29 is 14.1 Å². The zero-order valence-corrected chi connectivity index (χ0v) is 17.4. The molecule has 9 heteroatoms. The molecule has 0 saturated carbocycles. The molecule has 32 heavy (non-hydrogen) atoms. The monoisotopic (exact) mass is 431 g/mol. The second kappa shape index (κ2) is 9.25. The first-order valence-electron chi connectivity index (χ1n) is 10.1. The van der Waals surface area contributed by atoms with Crippen LogP contribution in [0.15, 0.2) is 70.0 Å². The second-order valence-electron chi connectivity index (χ2n) is 7.06. The van der Waals surface area contributed by atoms with Gasteiger partial charge in [0.25, 0.3) is 11.5 Å². The van der Waals surface area contributed by atoms with Gasteiger partial charge in [0.15, 0.2) is 11.5 Å². The largest absolute Gasteiger partial charge is 0.355 e. The number of nitrogens with zero attached hydrogens (tertiary/aromatic N) is 3. The number of H-pyrrole nitrogens is 1. The number of fused-ring (bicyclic) bond motifs is 1. The van der Waals surface area contributed by atoms with Crippen molar-refractivity contribution in [2.24, 2.45) is 0 Å². The molecule has 9 nitrogen and oxygen atoms in total. The van der Waals surface area contributed by atoms with E-state index in [-0.39, 0.29) is 30.2 Å². The van der Waals surface area contributed by atoms with E-state index in [0.29, 0.717) is 29.0 Å². The fourth-order valence-electron chi connectivity index (χ4n) is 3.25. The van der Waals surface area contributed by atoms with E-state index in [9.17, 15) is 14.4 Å². The van der Waals surface area contributed by atoms with Crippen molar-refractivity contribution in [2.75, 3.05) is 13.1 Å². The first-order valence-corrected chi connectivity index (χ1v) is 10.1. The molecule has 0 atom stereocenters. The topological polar surface area (TPSA) is 121 Å². The predicted octanol–water partition coefficient (Wildman–Crippen LogP) is 2.36. The van der Waals surface area contributed by atoms with E-state index >= 15 is 0 Å². The highest BCUT2D eigenvalue weighted by molar-refractivity contribution is 5.95. The molecule has 0 radical (unpaired) electrons. The zero-order chi connectivity index (χ0) is 22.5. The molecule has 2 N–H and O–H groups in total. The molecular formula is C23H21N5O4. The van der Waals surface area contributed by atoms with Gasteiger partial charge in [0.1, 0.15) is 5.82 Å². The number of rotatable bonds is 7. The summed E-state index contributed by atoms with van der Waals surface area (Å²) in [4.78, 5) is 45.9. The smallest absolute Gasteiger partial charge is 0.273 e. The minimum Gasteiger partial charge on any atom is -0.355 e. The van der Waals surface area contributed by atoms with E-state index in [2.05, 4.69) is 20.4 Å². The maximum atomic E-state index is 12.6. The molecule has 2 heterocycles. The summed E-state index contributed by atoms with van der Waals surface area (Å²) >= 11 is 0. The molecule has 0 aliphatic carbocycles. The lowest BCUT2D eigenvalue weighted by Gasteiger charge is -2.20. The normalized spacial score (nSPS) is 10.8. The number of amides is 2. The Morgan fingerprint density at radius 2 is 1.84 bits per heavy atom. The quantitative estimate of drug-likeness (QED) is 0.463. The Bertz CT molecular complexity index is 1310. The Morgan fingerprint density at radius 3 is 2.62 bits per heavy atom. The molecule has 162 valence electrons. The van der Waals surface area contributed by atoms with Crippen LogP contribution in [0.1, 0.15) is 23.2 Å². The summed E-state index contributed by atoms with van der Waals surface area (Å²) in [6.45, 7) is 2.08. The molecular weight excluding hydrogens is 410 g/mol. The van der Waals surface area contributed by atoms with Gasteiger partial charge in [0, 0.05) is 18.2 Å². The Kier molecular flexibility index (Phi) is 6.07. The predicted molar refractivity (Wildman–Crippen MR) is 118 cm³/mol. The van der Waals surface area contributed by atoms with Gasteiger partial charge < -0.3 is 19.7 Å². The summed E-state index contributed by atoms with van der Waals surface area (Å²) in [5.74, 6) is 0.00355. The van der Waals surface area contributed by atoms with Crippen molar-refractivity contribution >= 4 is 22.7 Å². The zero-order valence-electron chi connectivity index (χ0n) is 17.4. The van der Waals surface area contributed by atoms with Crippen LogP contribution in [0, 0.1) is 0 Å². The van der Waals surface area contributed by atoms with Gasteiger partial charge in [-0.2, -0.15) is 0 Å². The van der Waals surface area contributed by atoms with Gasteiger partial charge in [0.2, 0.25) is 5.91 Å². The van der Waals surface area contributed by atoms with Crippen LogP contribution in [-0.4, -0.2) is 44.9 Å². The van der Waals surface area contributed by atoms with Gasteiger partial charge in [-0.25, -0.2) is 4.98 Å². The van der Waals surface area contributed by atoms with Gasteiger partial charge in [-0.05, 0) is 19.1 Å². The van der Waals surface area contributed by atoms with Crippen LogP contribution in [0.3, 0.4) is 0 Å². The first-order chi connectivity index (χ1) is 15.5. The third-order valence-electron chi connectivity index (χ3n) is 4.94. The number of carbonyl (C=O) groups excluding carboxylic acids is 2. The number of aromatic nitrogens is 3. The molecule has 0 fully saturated rings. The standard InChI is InChI=1S/C23H21N5O4/c1-2-28(14-20-25-17-11-7-6-10-16(17)22(30)26-20)21(29)13-24-23(31)18-12-19(32-27-18)15-8-4-3-5-9-15/h3-12H,2,13-14H2,1H3,(H,24,31)(H,25,26,30). The SMILES string of the molecule is CCN(Cc1nc2ccccc2c(=O)[nH]1)C(=O)CNC(=O)c1cc(-c2ccccc2)on1. The Balaban J connectivity index is 1.39. The number of hydrogen-bond donors (Lipinski definition) is 2. The van der Waals surface area contributed by atoms with Crippen molar-refractivity contribution in [1.82, 2.24) is 25.3 Å². The maximum Gasteiger partial charge on any atom is 0.273 e.